The first kappa shape index (κ1) is 22.7. The molecule has 0 saturated carbocycles. The van der Waals surface area contributed by atoms with E-state index in [0.717, 1.165) is 5.56 Å². The number of carbonyl (C=O) groups is 3. The van der Waals surface area contributed by atoms with E-state index in [2.05, 4.69) is 0 Å². The molecule has 1 aliphatic heterocycles. The lowest BCUT2D eigenvalue weighted by Gasteiger charge is -2.26. The van der Waals surface area contributed by atoms with Crippen molar-refractivity contribution < 1.29 is 27.5 Å². The number of benzene rings is 2. The van der Waals surface area contributed by atoms with Gasteiger partial charge in [-0.1, -0.05) is 48.0 Å². The van der Waals surface area contributed by atoms with E-state index in [-0.39, 0.29) is 28.4 Å². The molecule has 0 spiro atoms. The van der Waals surface area contributed by atoms with Crippen LogP contribution in [0.3, 0.4) is 0 Å². The fourth-order valence-electron chi connectivity index (χ4n) is 3.67. The highest BCUT2D eigenvalue weighted by atomic mass is 32.2. The Morgan fingerprint density at radius 1 is 1.03 bits per heavy atom. The fourth-order valence-corrected chi connectivity index (χ4v) is 5.40. The van der Waals surface area contributed by atoms with Crippen molar-refractivity contribution in [1.29, 1.82) is 0 Å². The number of sulfone groups is 1. The van der Waals surface area contributed by atoms with E-state index in [1.807, 2.05) is 19.1 Å². The van der Waals surface area contributed by atoms with Gasteiger partial charge in [-0.05, 0) is 26.3 Å². The Bertz CT molecular complexity index is 1090. The van der Waals surface area contributed by atoms with Crippen LogP contribution in [0.15, 0.2) is 48.5 Å². The van der Waals surface area contributed by atoms with Gasteiger partial charge in [0.05, 0.1) is 17.1 Å². The second-order valence-corrected chi connectivity index (χ2v) is 9.78. The summed E-state index contributed by atoms with van der Waals surface area (Å²) in [6.45, 7) is 3.46. The molecule has 2 aromatic rings. The molecule has 31 heavy (non-hydrogen) atoms. The van der Waals surface area contributed by atoms with Crippen molar-refractivity contribution in [3.05, 3.63) is 70.8 Å². The predicted octanol–water partition coefficient (Wildman–Crippen LogP) is 2.42. The van der Waals surface area contributed by atoms with Gasteiger partial charge >= 0.3 is 5.97 Å². The minimum atomic E-state index is -3.14. The second-order valence-electron chi connectivity index (χ2n) is 7.55. The van der Waals surface area contributed by atoms with Gasteiger partial charge in [0.2, 0.25) is 0 Å². The number of ether oxygens (including phenoxy) is 1. The number of ketones is 1. The quantitative estimate of drug-likeness (QED) is 0.482. The van der Waals surface area contributed by atoms with Crippen LogP contribution in [0.5, 0.6) is 0 Å². The van der Waals surface area contributed by atoms with Crippen LogP contribution in [0.25, 0.3) is 0 Å². The van der Waals surface area contributed by atoms with E-state index >= 15 is 0 Å². The van der Waals surface area contributed by atoms with Crippen molar-refractivity contribution in [2.24, 2.45) is 0 Å². The predicted molar refractivity (Wildman–Crippen MR) is 116 cm³/mol. The molecule has 1 heterocycles. The normalized spacial score (nSPS) is 17.2. The zero-order valence-corrected chi connectivity index (χ0v) is 18.4. The van der Waals surface area contributed by atoms with Crippen LogP contribution in [-0.4, -0.2) is 61.7 Å². The third-order valence-corrected chi connectivity index (χ3v) is 7.09. The lowest BCUT2D eigenvalue weighted by molar-refractivity contribution is -0.136. The molecule has 1 unspecified atom stereocenters. The first-order valence-electron chi connectivity index (χ1n) is 10.1. The fraction of sp³-hybridized carbons (Fsp3) is 0.348. The third kappa shape index (κ3) is 5.38. The molecule has 8 heteroatoms. The zero-order chi connectivity index (χ0) is 22.6. The monoisotopic (exact) mass is 443 g/mol. The summed E-state index contributed by atoms with van der Waals surface area (Å²) < 4.78 is 28.6. The first-order chi connectivity index (χ1) is 14.7. The van der Waals surface area contributed by atoms with Gasteiger partial charge in [-0.2, -0.15) is 0 Å². The number of rotatable bonds is 7. The van der Waals surface area contributed by atoms with Gasteiger partial charge in [-0.15, -0.1) is 0 Å². The molecule has 7 nitrogen and oxygen atoms in total. The second kappa shape index (κ2) is 9.43. The van der Waals surface area contributed by atoms with Crippen molar-refractivity contribution in [2.75, 3.05) is 24.7 Å². The largest absolute Gasteiger partial charge is 0.452 e. The highest BCUT2D eigenvalue weighted by Crippen LogP contribution is 2.19. The Hall–Kier alpha value is -3.00. The van der Waals surface area contributed by atoms with Gasteiger partial charge in [0, 0.05) is 23.7 Å². The summed E-state index contributed by atoms with van der Waals surface area (Å²) in [5, 5.41) is 0. The molecule has 3 rings (SSSR count). The zero-order valence-electron chi connectivity index (χ0n) is 17.5. The van der Waals surface area contributed by atoms with Crippen LogP contribution in [0.2, 0.25) is 0 Å². The Morgan fingerprint density at radius 3 is 2.26 bits per heavy atom. The standard InChI is InChI=1S/C23H25NO6S/c1-3-24(18-12-13-31(28,29)15-18)21(25)14-30-23(27)20-7-5-4-6-19(20)22(26)17-10-8-16(2)9-11-17/h4-11,18H,3,12-15H2,1-2H3. The van der Waals surface area contributed by atoms with Crippen molar-refractivity contribution in [3.63, 3.8) is 0 Å². The summed E-state index contributed by atoms with van der Waals surface area (Å²) in [4.78, 5) is 39.5. The summed E-state index contributed by atoms with van der Waals surface area (Å²) in [5.41, 5.74) is 1.73. The van der Waals surface area contributed by atoms with E-state index in [0.29, 0.717) is 18.5 Å². The van der Waals surface area contributed by atoms with Crippen LogP contribution < -0.4 is 0 Å². The van der Waals surface area contributed by atoms with E-state index < -0.39 is 34.4 Å². The molecule has 1 atom stereocenters. The Kier molecular flexibility index (Phi) is 6.90. The number of nitrogens with zero attached hydrogens (tertiary/aromatic N) is 1. The van der Waals surface area contributed by atoms with E-state index in [1.165, 1.54) is 11.0 Å². The van der Waals surface area contributed by atoms with Crippen LogP contribution >= 0.6 is 0 Å². The van der Waals surface area contributed by atoms with Gasteiger partial charge in [-0.3, -0.25) is 9.59 Å². The molecule has 0 bridgehead atoms. The number of aryl methyl sites for hydroxylation is 1. The summed E-state index contributed by atoms with van der Waals surface area (Å²) in [6.07, 6.45) is 0.379. The molecule has 1 saturated heterocycles. The van der Waals surface area contributed by atoms with Crippen molar-refractivity contribution in [2.45, 2.75) is 26.3 Å². The number of hydrogen-bond acceptors (Lipinski definition) is 6. The molecule has 0 aromatic heterocycles. The molecule has 0 radical (unpaired) electrons. The maximum atomic E-state index is 12.9. The third-order valence-electron chi connectivity index (χ3n) is 5.34. The SMILES string of the molecule is CCN(C(=O)COC(=O)c1ccccc1C(=O)c1ccc(C)cc1)C1CCS(=O)(=O)C1. The minimum absolute atomic E-state index is 0.0513. The van der Waals surface area contributed by atoms with Crippen LogP contribution in [0.4, 0.5) is 0 Å². The Morgan fingerprint density at radius 2 is 1.68 bits per heavy atom. The Balaban J connectivity index is 1.70. The van der Waals surface area contributed by atoms with Gasteiger partial charge in [-0.25, -0.2) is 13.2 Å². The highest BCUT2D eigenvalue weighted by molar-refractivity contribution is 7.91. The lowest BCUT2D eigenvalue weighted by Crippen LogP contribution is -2.43. The van der Waals surface area contributed by atoms with Gasteiger partial charge in [0.15, 0.2) is 22.2 Å². The molecule has 0 N–H and O–H groups in total. The average molecular weight is 444 g/mol. The highest BCUT2D eigenvalue weighted by Gasteiger charge is 2.34. The van der Waals surface area contributed by atoms with E-state index in [4.69, 9.17) is 4.74 Å². The smallest absolute Gasteiger partial charge is 0.339 e. The number of esters is 1. The first-order valence-corrected chi connectivity index (χ1v) is 11.9. The Labute approximate surface area is 181 Å². The molecule has 1 aliphatic rings. The van der Waals surface area contributed by atoms with Crippen LogP contribution in [-0.2, 0) is 19.4 Å². The van der Waals surface area contributed by atoms with E-state index in [1.54, 1.807) is 37.3 Å². The molecule has 1 fully saturated rings. The van der Waals surface area contributed by atoms with E-state index in [9.17, 15) is 22.8 Å². The van der Waals surface area contributed by atoms with Gasteiger partial charge in [0.1, 0.15) is 0 Å². The molecular weight excluding hydrogens is 418 g/mol. The number of amides is 1. The summed E-state index contributed by atoms with van der Waals surface area (Å²) >= 11 is 0. The minimum Gasteiger partial charge on any atom is -0.452 e. The number of hydrogen-bond donors (Lipinski definition) is 0. The van der Waals surface area contributed by atoms with Crippen molar-refractivity contribution in [1.82, 2.24) is 4.90 Å². The van der Waals surface area contributed by atoms with Crippen molar-refractivity contribution in [3.8, 4) is 0 Å². The number of carbonyl (C=O) groups excluding carboxylic acids is 3. The van der Waals surface area contributed by atoms with Crippen LogP contribution in [0.1, 0.15) is 45.2 Å². The maximum absolute atomic E-state index is 12.9. The summed E-state index contributed by atoms with van der Waals surface area (Å²) in [7, 11) is -3.14. The van der Waals surface area contributed by atoms with Crippen molar-refractivity contribution >= 4 is 27.5 Å². The average Bonchev–Trinajstić information content (AvgIpc) is 3.11. The molecule has 2 aromatic carbocycles. The van der Waals surface area contributed by atoms with Gasteiger partial charge < -0.3 is 9.64 Å². The molecule has 0 aliphatic carbocycles. The summed E-state index contributed by atoms with van der Waals surface area (Å²) in [6, 6.07) is 12.9. The molecule has 164 valence electrons. The summed E-state index contributed by atoms with van der Waals surface area (Å²) in [5.74, 6) is -1.57. The molecule has 1 amide bonds. The lowest BCUT2D eigenvalue weighted by atomic mass is 9.98. The maximum Gasteiger partial charge on any atom is 0.339 e. The number of likely N-dealkylation sites (N-methyl/N-ethyl adjacent to an activating group) is 1. The van der Waals surface area contributed by atoms with Crippen LogP contribution in [0, 0.1) is 6.92 Å². The topological polar surface area (TPSA) is 97.8 Å². The molecular formula is C23H25NO6S. The van der Waals surface area contributed by atoms with Gasteiger partial charge in [0.25, 0.3) is 5.91 Å².